The highest BCUT2D eigenvalue weighted by molar-refractivity contribution is 6.35. The van der Waals surface area contributed by atoms with E-state index in [1.165, 1.54) is 0 Å². The third-order valence-electron chi connectivity index (χ3n) is 3.33. The van der Waals surface area contributed by atoms with Crippen molar-refractivity contribution in [1.29, 1.82) is 0 Å². The van der Waals surface area contributed by atoms with Crippen LogP contribution in [0, 0.1) is 0 Å². The lowest BCUT2D eigenvalue weighted by molar-refractivity contribution is 0.0689. The molecule has 0 bridgehead atoms. The first-order valence-corrected chi connectivity index (χ1v) is 6.38. The largest absolute Gasteiger partial charge is 0.476 e. The number of aromatic carboxylic acids is 1. The van der Waals surface area contributed by atoms with Gasteiger partial charge in [-0.25, -0.2) is 4.79 Å². The molecule has 102 valence electrons. The molecule has 0 radical (unpaired) electrons. The minimum absolute atomic E-state index is 0.0292. The van der Waals surface area contributed by atoms with Gasteiger partial charge in [0, 0.05) is 31.2 Å². The zero-order valence-electron chi connectivity index (χ0n) is 11.0. The van der Waals surface area contributed by atoms with Gasteiger partial charge in [-0.1, -0.05) is 23.7 Å². The molecule has 0 aliphatic carbocycles. The smallest absolute Gasteiger partial charge is 0.356 e. The van der Waals surface area contributed by atoms with Gasteiger partial charge in [-0.05, 0) is 12.1 Å². The Morgan fingerprint density at radius 1 is 1.35 bits per heavy atom. The molecule has 0 saturated carbocycles. The van der Waals surface area contributed by atoms with Crippen molar-refractivity contribution in [2.24, 2.45) is 14.1 Å². The number of fused-ring (bicyclic) bond motifs is 1. The van der Waals surface area contributed by atoms with Crippen LogP contribution in [-0.4, -0.2) is 25.4 Å². The summed E-state index contributed by atoms with van der Waals surface area (Å²) in [6.07, 6.45) is 1.93. The summed E-state index contributed by atoms with van der Waals surface area (Å²) < 4.78 is 3.50. The topological polar surface area (TPSA) is 60.1 Å². The summed E-state index contributed by atoms with van der Waals surface area (Å²) in [4.78, 5) is 11.0. The van der Waals surface area contributed by atoms with Gasteiger partial charge in [-0.2, -0.15) is 5.10 Å². The van der Waals surface area contributed by atoms with Gasteiger partial charge in [0.2, 0.25) is 0 Å². The van der Waals surface area contributed by atoms with Crippen molar-refractivity contribution in [3.05, 3.63) is 41.2 Å². The molecule has 0 amide bonds. The van der Waals surface area contributed by atoms with Gasteiger partial charge in [0.25, 0.3) is 0 Å². The van der Waals surface area contributed by atoms with E-state index in [2.05, 4.69) is 5.10 Å². The molecular weight excluding hydrogens is 278 g/mol. The summed E-state index contributed by atoms with van der Waals surface area (Å²) >= 11 is 6.22. The van der Waals surface area contributed by atoms with Crippen molar-refractivity contribution in [2.75, 3.05) is 0 Å². The zero-order chi connectivity index (χ0) is 14.4. The number of nitrogens with zero attached hydrogens (tertiary/aromatic N) is 3. The van der Waals surface area contributed by atoms with Crippen LogP contribution >= 0.6 is 11.6 Å². The van der Waals surface area contributed by atoms with Crippen LogP contribution in [-0.2, 0) is 14.1 Å². The van der Waals surface area contributed by atoms with Crippen molar-refractivity contribution >= 4 is 28.5 Å². The number of benzene rings is 1. The number of aryl methyl sites for hydroxylation is 2. The summed E-state index contributed by atoms with van der Waals surface area (Å²) in [5.74, 6) is -1.04. The lowest BCUT2D eigenvalue weighted by Gasteiger charge is -2.00. The summed E-state index contributed by atoms with van der Waals surface area (Å²) in [5, 5.41) is 14.7. The number of carbonyl (C=O) groups is 1. The van der Waals surface area contributed by atoms with E-state index in [0.29, 0.717) is 5.02 Å². The Kier molecular flexibility index (Phi) is 2.79. The van der Waals surface area contributed by atoms with Crippen LogP contribution in [0.1, 0.15) is 10.5 Å². The number of carboxylic acid groups (broad SMARTS) is 1. The summed E-state index contributed by atoms with van der Waals surface area (Å²) in [5.41, 5.74) is 2.60. The van der Waals surface area contributed by atoms with Gasteiger partial charge in [-0.3, -0.25) is 4.68 Å². The molecule has 2 aromatic heterocycles. The second-order valence-corrected chi connectivity index (χ2v) is 5.04. The average Bonchev–Trinajstić information content (AvgIpc) is 2.92. The fraction of sp³-hybridized carbons (Fsp3) is 0.143. The molecule has 1 aromatic carbocycles. The standard InChI is InChI=1S/C14H12ClN3O2/c1-17-7-9(8-4-3-5-10(15)13(8)17)12-6-11(14(19)20)16-18(12)2/h3-7H,1-2H3,(H,19,20). The van der Waals surface area contributed by atoms with Crippen LogP contribution in [0.15, 0.2) is 30.5 Å². The first-order valence-electron chi connectivity index (χ1n) is 6.00. The van der Waals surface area contributed by atoms with Crippen LogP contribution < -0.4 is 0 Å². The number of hydrogen-bond acceptors (Lipinski definition) is 2. The van der Waals surface area contributed by atoms with E-state index < -0.39 is 5.97 Å². The number of hydrogen-bond donors (Lipinski definition) is 1. The van der Waals surface area contributed by atoms with E-state index in [9.17, 15) is 4.79 Å². The van der Waals surface area contributed by atoms with Crippen LogP contribution in [0.4, 0.5) is 0 Å². The van der Waals surface area contributed by atoms with Gasteiger partial charge >= 0.3 is 5.97 Å². The van der Waals surface area contributed by atoms with E-state index in [1.807, 2.05) is 36.0 Å². The van der Waals surface area contributed by atoms with Crippen LogP contribution in [0.5, 0.6) is 0 Å². The Morgan fingerprint density at radius 3 is 2.75 bits per heavy atom. The van der Waals surface area contributed by atoms with Gasteiger partial charge < -0.3 is 9.67 Å². The maximum Gasteiger partial charge on any atom is 0.356 e. The minimum atomic E-state index is -1.04. The summed E-state index contributed by atoms with van der Waals surface area (Å²) in [6, 6.07) is 7.24. The van der Waals surface area contributed by atoms with Gasteiger partial charge in [-0.15, -0.1) is 0 Å². The Hall–Kier alpha value is -2.27. The van der Waals surface area contributed by atoms with Crippen molar-refractivity contribution in [3.8, 4) is 11.3 Å². The zero-order valence-corrected chi connectivity index (χ0v) is 11.7. The highest BCUT2D eigenvalue weighted by Crippen LogP contribution is 2.33. The molecule has 5 nitrogen and oxygen atoms in total. The Bertz CT molecular complexity index is 832. The molecule has 2 heterocycles. The second-order valence-electron chi connectivity index (χ2n) is 4.63. The number of aromatic nitrogens is 3. The van der Waals surface area contributed by atoms with Crippen molar-refractivity contribution < 1.29 is 9.90 Å². The van der Waals surface area contributed by atoms with E-state index in [-0.39, 0.29) is 5.69 Å². The predicted molar refractivity (Wildman–Crippen MR) is 77.1 cm³/mol. The van der Waals surface area contributed by atoms with Gasteiger partial charge in [0.15, 0.2) is 5.69 Å². The number of halogens is 1. The summed E-state index contributed by atoms with van der Waals surface area (Å²) in [7, 11) is 3.64. The third kappa shape index (κ3) is 1.78. The number of para-hydroxylation sites is 1. The Balaban J connectivity index is 2.30. The van der Waals surface area contributed by atoms with Crippen molar-refractivity contribution in [1.82, 2.24) is 14.3 Å². The van der Waals surface area contributed by atoms with Crippen LogP contribution in [0.2, 0.25) is 5.02 Å². The molecule has 1 N–H and O–H groups in total. The second kappa shape index (κ2) is 4.38. The normalized spacial score (nSPS) is 11.2. The van der Waals surface area contributed by atoms with Crippen molar-refractivity contribution in [2.45, 2.75) is 0 Å². The highest BCUT2D eigenvalue weighted by atomic mass is 35.5. The first kappa shape index (κ1) is 12.7. The molecule has 0 aliphatic rings. The molecule has 0 saturated heterocycles. The van der Waals surface area contributed by atoms with E-state index >= 15 is 0 Å². The predicted octanol–water partition coefficient (Wildman–Crippen LogP) is 2.93. The molecule has 6 heteroatoms. The Morgan fingerprint density at radius 2 is 2.10 bits per heavy atom. The molecule has 0 atom stereocenters. The lowest BCUT2D eigenvalue weighted by Crippen LogP contribution is -1.99. The molecule has 0 unspecified atom stereocenters. The number of rotatable bonds is 2. The third-order valence-corrected chi connectivity index (χ3v) is 3.63. The molecular formula is C14H12ClN3O2. The molecule has 0 aliphatic heterocycles. The van der Waals surface area contributed by atoms with E-state index in [0.717, 1.165) is 22.2 Å². The molecule has 0 fully saturated rings. The Labute approximate surface area is 120 Å². The maximum absolute atomic E-state index is 11.0. The van der Waals surface area contributed by atoms with Crippen LogP contribution in [0.25, 0.3) is 22.2 Å². The summed E-state index contributed by atoms with van der Waals surface area (Å²) in [6.45, 7) is 0. The first-order chi connectivity index (χ1) is 9.49. The fourth-order valence-electron chi connectivity index (χ4n) is 2.45. The molecule has 20 heavy (non-hydrogen) atoms. The molecule has 3 rings (SSSR count). The number of carboxylic acids is 1. The monoisotopic (exact) mass is 289 g/mol. The van der Waals surface area contributed by atoms with Gasteiger partial charge in [0.05, 0.1) is 16.2 Å². The highest BCUT2D eigenvalue weighted by Gasteiger charge is 2.17. The minimum Gasteiger partial charge on any atom is -0.476 e. The average molecular weight is 290 g/mol. The van der Waals surface area contributed by atoms with E-state index in [4.69, 9.17) is 16.7 Å². The molecule has 0 spiro atoms. The van der Waals surface area contributed by atoms with E-state index in [1.54, 1.807) is 17.8 Å². The quantitative estimate of drug-likeness (QED) is 0.789. The SMILES string of the molecule is Cn1nc(C(=O)O)cc1-c1cn(C)c2c(Cl)cccc12. The van der Waals surface area contributed by atoms with Crippen LogP contribution in [0.3, 0.4) is 0 Å². The van der Waals surface area contributed by atoms with Crippen molar-refractivity contribution in [3.63, 3.8) is 0 Å². The lowest BCUT2D eigenvalue weighted by atomic mass is 10.1. The maximum atomic E-state index is 11.0. The molecule has 3 aromatic rings. The van der Waals surface area contributed by atoms with Gasteiger partial charge in [0.1, 0.15) is 0 Å². The fourth-order valence-corrected chi connectivity index (χ4v) is 2.75.